The number of benzene rings is 3. The Hall–Kier alpha value is -3.13. The summed E-state index contributed by atoms with van der Waals surface area (Å²) >= 11 is 12.8. The topological polar surface area (TPSA) is 87.1 Å². The summed E-state index contributed by atoms with van der Waals surface area (Å²) in [6.07, 6.45) is 1.63. The van der Waals surface area contributed by atoms with Crippen molar-refractivity contribution >= 4 is 52.2 Å². The Morgan fingerprint density at radius 2 is 1.76 bits per heavy atom. The van der Waals surface area contributed by atoms with E-state index in [1.54, 1.807) is 48.5 Å². The molecule has 4 rings (SSSR count). The van der Waals surface area contributed by atoms with E-state index in [-0.39, 0.29) is 28.2 Å². The lowest BCUT2D eigenvalue weighted by molar-refractivity contribution is -0.123. The van der Waals surface area contributed by atoms with Crippen molar-refractivity contribution in [2.24, 2.45) is 0 Å². The van der Waals surface area contributed by atoms with Gasteiger partial charge >= 0.3 is 0 Å². The second kappa shape index (κ2) is 9.39. The molecule has 0 spiro atoms. The van der Waals surface area contributed by atoms with Crippen LogP contribution in [0.1, 0.15) is 11.1 Å². The summed E-state index contributed by atoms with van der Waals surface area (Å²) in [5, 5.41) is 19.8. The van der Waals surface area contributed by atoms with Crippen molar-refractivity contribution in [1.29, 1.82) is 0 Å². The molecule has 1 fully saturated rings. The molecule has 1 heterocycles. The minimum absolute atomic E-state index is 0.0829. The predicted octanol–water partition coefficient (Wildman–Crippen LogP) is 6.32. The summed E-state index contributed by atoms with van der Waals surface area (Å²) in [5.74, 6) is -0.353. The number of hydrogen-bond acceptors (Lipinski definition) is 6. The van der Waals surface area contributed by atoms with Gasteiger partial charge in [0.2, 0.25) is 0 Å². The summed E-state index contributed by atoms with van der Waals surface area (Å²) in [7, 11) is 1.52. The number of methoxy groups -OCH3 is 1. The molecule has 3 aromatic carbocycles. The lowest BCUT2D eigenvalue weighted by Gasteiger charge is -2.13. The first-order valence-electron chi connectivity index (χ1n) is 9.66. The van der Waals surface area contributed by atoms with Crippen molar-refractivity contribution in [3.8, 4) is 28.4 Å². The van der Waals surface area contributed by atoms with Gasteiger partial charge in [-0.15, -0.1) is 0 Å². The number of carbonyl (C=O) groups is 2. The van der Waals surface area contributed by atoms with Gasteiger partial charge in [-0.2, -0.15) is 0 Å². The Balaban J connectivity index is 1.63. The average Bonchev–Trinajstić information content (AvgIpc) is 3.05. The van der Waals surface area contributed by atoms with Crippen molar-refractivity contribution in [1.82, 2.24) is 4.90 Å². The van der Waals surface area contributed by atoms with Crippen LogP contribution < -0.4 is 4.74 Å². The van der Waals surface area contributed by atoms with Crippen LogP contribution in [0.4, 0.5) is 4.79 Å². The van der Waals surface area contributed by atoms with Crippen molar-refractivity contribution in [2.75, 3.05) is 7.11 Å². The average molecular weight is 502 g/mol. The van der Waals surface area contributed by atoms with Crippen molar-refractivity contribution in [3.05, 3.63) is 80.7 Å². The number of aromatic hydroxyl groups is 2. The molecule has 1 aliphatic heterocycles. The molecule has 2 amide bonds. The van der Waals surface area contributed by atoms with Crippen LogP contribution in [0.15, 0.2) is 59.5 Å². The number of imide groups is 1. The number of ether oxygens (including phenoxy) is 1. The predicted molar refractivity (Wildman–Crippen MR) is 130 cm³/mol. The van der Waals surface area contributed by atoms with E-state index in [1.807, 2.05) is 0 Å². The van der Waals surface area contributed by atoms with Gasteiger partial charge in [0.05, 0.1) is 28.6 Å². The van der Waals surface area contributed by atoms with Crippen LogP contribution in [0.25, 0.3) is 17.2 Å². The van der Waals surface area contributed by atoms with Crippen LogP contribution in [-0.2, 0) is 11.3 Å². The Kier molecular flexibility index (Phi) is 6.56. The SMILES string of the molecule is COc1ccc(C=C2SC(=O)N(Cc3ccc(Cl)c(Cl)c3)C2=O)cc1-c1ccc(O)c(O)c1. The molecule has 0 saturated carbocycles. The molecule has 9 heteroatoms. The first-order valence-corrected chi connectivity index (χ1v) is 11.2. The van der Waals surface area contributed by atoms with E-state index in [9.17, 15) is 19.8 Å². The summed E-state index contributed by atoms with van der Waals surface area (Å²) in [5.41, 5.74) is 2.62. The smallest absolute Gasteiger partial charge is 0.293 e. The normalized spacial score (nSPS) is 14.9. The van der Waals surface area contributed by atoms with Crippen LogP contribution in [0.5, 0.6) is 17.2 Å². The van der Waals surface area contributed by atoms with Crippen molar-refractivity contribution in [2.45, 2.75) is 6.54 Å². The molecule has 2 N–H and O–H groups in total. The fourth-order valence-corrected chi connectivity index (χ4v) is 4.50. The highest BCUT2D eigenvalue weighted by atomic mass is 35.5. The van der Waals surface area contributed by atoms with Gasteiger partial charge < -0.3 is 14.9 Å². The minimum Gasteiger partial charge on any atom is -0.504 e. The standard InChI is InChI=1S/C24H17Cl2NO5S/c1-32-21-7-3-13(8-16(21)15-4-6-19(28)20(29)11-15)10-22-23(30)27(24(31)33-22)12-14-2-5-17(25)18(26)9-14/h2-11,28-29H,12H2,1H3. The zero-order chi connectivity index (χ0) is 23.7. The van der Waals surface area contributed by atoms with Gasteiger partial charge in [0.15, 0.2) is 11.5 Å². The van der Waals surface area contributed by atoms with E-state index in [1.165, 1.54) is 19.2 Å². The van der Waals surface area contributed by atoms with Crippen LogP contribution >= 0.6 is 35.0 Å². The van der Waals surface area contributed by atoms with Crippen LogP contribution in [-0.4, -0.2) is 33.4 Å². The first kappa shape index (κ1) is 23.0. The molecule has 1 saturated heterocycles. The van der Waals surface area contributed by atoms with Crippen molar-refractivity contribution in [3.63, 3.8) is 0 Å². The van der Waals surface area contributed by atoms with Crippen molar-refractivity contribution < 1.29 is 24.5 Å². The van der Waals surface area contributed by atoms with Gasteiger partial charge in [-0.05, 0) is 70.9 Å². The molecule has 0 radical (unpaired) electrons. The third-order valence-corrected chi connectivity index (χ3v) is 6.65. The largest absolute Gasteiger partial charge is 0.504 e. The second-order valence-electron chi connectivity index (χ2n) is 7.18. The number of halogens is 2. The van der Waals surface area contributed by atoms with Gasteiger partial charge in [0.25, 0.3) is 11.1 Å². The molecular formula is C24H17Cl2NO5S. The fraction of sp³-hybridized carbons (Fsp3) is 0.0833. The monoisotopic (exact) mass is 501 g/mol. The summed E-state index contributed by atoms with van der Waals surface area (Å²) < 4.78 is 5.41. The number of carbonyl (C=O) groups excluding carboxylic acids is 2. The molecular weight excluding hydrogens is 485 g/mol. The minimum atomic E-state index is -0.407. The van der Waals surface area contributed by atoms with Crippen LogP contribution in [0.3, 0.4) is 0 Å². The lowest BCUT2D eigenvalue weighted by atomic mass is 10.0. The van der Waals surface area contributed by atoms with Crippen LogP contribution in [0, 0.1) is 0 Å². The molecule has 0 aromatic heterocycles. The van der Waals surface area contributed by atoms with E-state index in [0.29, 0.717) is 38.0 Å². The third-order valence-electron chi connectivity index (χ3n) is 5.01. The van der Waals surface area contributed by atoms with E-state index < -0.39 is 5.91 Å². The summed E-state index contributed by atoms with van der Waals surface area (Å²) in [6, 6.07) is 14.7. The Morgan fingerprint density at radius 1 is 0.970 bits per heavy atom. The van der Waals surface area contributed by atoms with E-state index in [0.717, 1.165) is 16.7 Å². The molecule has 1 aliphatic rings. The molecule has 168 valence electrons. The molecule has 0 atom stereocenters. The number of amides is 2. The van der Waals surface area contributed by atoms with Gasteiger partial charge in [0, 0.05) is 5.56 Å². The lowest BCUT2D eigenvalue weighted by Crippen LogP contribution is -2.27. The maximum Gasteiger partial charge on any atom is 0.293 e. The molecule has 6 nitrogen and oxygen atoms in total. The van der Waals surface area contributed by atoms with E-state index in [2.05, 4.69) is 0 Å². The number of thioether (sulfide) groups is 1. The van der Waals surface area contributed by atoms with E-state index in [4.69, 9.17) is 27.9 Å². The van der Waals surface area contributed by atoms with Gasteiger partial charge in [0.1, 0.15) is 5.75 Å². The number of hydrogen-bond donors (Lipinski definition) is 2. The van der Waals surface area contributed by atoms with E-state index >= 15 is 0 Å². The molecule has 0 bridgehead atoms. The Morgan fingerprint density at radius 3 is 2.45 bits per heavy atom. The number of nitrogens with zero attached hydrogens (tertiary/aromatic N) is 1. The zero-order valence-corrected chi connectivity index (χ0v) is 19.5. The molecule has 0 aliphatic carbocycles. The molecule has 33 heavy (non-hydrogen) atoms. The summed E-state index contributed by atoms with van der Waals surface area (Å²) in [6.45, 7) is 0.0829. The maximum absolute atomic E-state index is 12.9. The second-order valence-corrected chi connectivity index (χ2v) is 8.99. The quantitative estimate of drug-likeness (QED) is 0.314. The zero-order valence-electron chi connectivity index (χ0n) is 17.2. The Bertz CT molecular complexity index is 1310. The van der Waals surface area contributed by atoms with Gasteiger partial charge in [-0.3, -0.25) is 14.5 Å². The molecule has 3 aromatic rings. The van der Waals surface area contributed by atoms with Gasteiger partial charge in [-0.25, -0.2) is 0 Å². The number of rotatable bonds is 5. The Labute approximate surface area is 204 Å². The highest BCUT2D eigenvalue weighted by Crippen LogP contribution is 2.38. The highest BCUT2D eigenvalue weighted by molar-refractivity contribution is 8.18. The number of phenols is 2. The van der Waals surface area contributed by atoms with Gasteiger partial charge in [-0.1, -0.05) is 41.4 Å². The first-order chi connectivity index (χ1) is 15.8. The highest BCUT2D eigenvalue weighted by Gasteiger charge is 2.35. The summed E-state index contributed by atoms with van der Waals surface area (Å²) in [4.78, 5) is 26.8. The van der Waals surface area contributed by atoms with Crippen LogP contribution in [0.2, 0.25) is 10.0 Å². The number of phenolic OH excluding ortho intramolecular Hbond substituents is 2. The maximum atomic E-state index is 12.9. The molecule has 0 unspecified atom stereocenters. The third kappa shape index (κ3) is 4.80. The fourth-order valence-electron chi connectivity index (χ4n) is 3.34.